The van der Waals surface area contributed by atoms with Crippen LogP contribution in [0.1, 0.15) is 36.1 Å². The summed E-state index contributed by atoms with van der Waals surface area (Å²) >= 11 is 0. The second-order valence-corrected chi connectivity index (χ2v) is 8.13. The average Bonchev–Trinajstić information content (AvgIpc) is 2.72. The van der Waals surface area contributed by atoms with Crippen molar-refractivity contribution in [1.82, 2.24) is 4.98 Å². The molecule has 0 fully saturated rings. The largest absolute Gasteiger partial charge is 0.493 e. The van der Waals surface area contributed by atoms with Gasteiger partial charge in [-0.3, -0.25) is 4.98 Å². The molecule has 1 aromatic heterocycles. The minimum atomic E-state index is -3.83. The van der Waals surface area contributed by atoms with Crippen molar-refractivity contribution in [3.8, 4) is 5.75 Å². The zero-order valence-corrected chi connectivity index (χ0v) is 17.5. The molecule has 2 unspecified atom stereocenters. The molecule has 0 aliphatic carbocycles. The molecule has 31 heavy (non-hydrogen) atoms. The predicted octanol–water partition coefficient (Wildman–Crippen LogP) is 5.80. The number of fused-ring (bicyclic) bond motifs is 2. The van der Waals surface area contributed by atoms with Crippen molar-refractivity contribution in [3.63, 3.8) is 0 Å². The first kappa shape index (κ1) is 21.3. The summed E-state index contributed by atoms with van der Waals surface area (Å²) in [4.78, 5) is 8.12. The molecule has 0 radical (unpaired) electrons. The molecule has 1 N–H and O–H groups in total. The van der Waals surface area contributed by atoms with Crippen LogP contribution >= 0.6 is 0 Å². The molecular weight excluding hydrogens is 405 g/mol. The number of rotatable bonds is 4. The van der Waals surface area contributed by atoms with E-state index >= 15 is 13.2 Å². The Morgan fingerprint density at radius 2 is 1.94 bits per heavy atom. The van der Waals surface area contributed by atoms with Crippen molar-refractivity contribution < 1.29 is 23.0 Å². The van der Waals surface area contributed by atoms with Gasteiger partial charge in [-0.1, -0.05) is 23.8 Å². The van der Waals surface area contributed by atoms with Crippen molar-refractivity contribution in [2.24, 2.45) is 4.99 Å². The maximum atomic E-state index is 15.6. The van der Waals surface area contributed by atoms with Gasteiger partial charge in [-0.2, -0.15) is 4.39 Å². The van der Waals surface area contributed by atoms with E-state index in [9.17, 15) is 5.11 Å². The van der Waals surface area contributed by atoms with Gasteiger partial charge < -0.3 is 9.84 Å². The third-order valence-electron chi connectivity index (χ3n) is 5.76. The first-order valence-corrected chi connectivity index (χ1v) is 10.1. The van der Waals surface area contributed by atoms with E-state index in [0.29, 0.717) is 16.7 Å². The molecule has 1 aliphatic heterocycles. The van der Waals surface area contributed by atoms with Crippen LogP contribution in [-0.4, -0.2) is 34.2 Å². The number of hydrogen-bond acceptors (Lipinski definition) is 4. The maximum absolute atomic E-state index is 15.6. The summed E-state index contributed by atoms with van der Waals surface area (Å²) in [5.74, 6) is -6.47. The molecule has 162 valence electrons. The maximum Gasteiger partial charge on any atom is 0.290 e. The molecule has 2 heterocycles. The summed E-state index contributed by atoms with van der Waals surface area (Å²) in [6.07, 6.45) is -0.0512. The minimum Gasteiger partial charge on any atom is -0.493 e. The van der Waals surface area contributed by atoms with Crippen LogP contribution < -0.4 is 4.74 Å². The number of pyridine rings is 1. The van der Waals surface area contributed by atoms with E-state index in [1.807, 2.05) is 6.92 Å². The van der Waals surface area contributed by atoms with Gasteiger partial charge in [0.15, 0.2) is 5.60 Å². The van der Waals surface area contributed by atoms with E-state index in [4.69, 9.17) is 4.74 Å². The van der Waals surface area contributed by atoms with Gasteiger partial charge in [0.25, 0.3) is 5.92 Å². The molecule has 0 saturated carbocycles. The SMILES string of the molecule is Cc1ccc2c(c1)C(C(F)(F)C(C)(O)C(F)=Nc1cccc3nc(C)ccc13)CCO2. The van der Waals surface area contributed by atoms with Crippen LogP contribution in [0.25, 0.3) is 10.9 Å². The van der Waals surface area contributed by atoms with Crippen molar-refractivity contribution in [2.75, 3.05) is 6.61 Å². The van der Waals surface area contributed by atoms with E-state index in [2.05, 4.69) is 9.98 Å². The molecule has 0 amide bonds. The Morgan fingerprint density at radius 1 is 1.16 bits per heavy atom. The monoisotopic (exact) mass is 428 g/mol. The van der Waals surface area contributed by atoms with E-state index in [-0.39, 0.29) is 24.3 Å². The second kappa shape index (κ2) is 7.64. The van der Waals surface area contributed by atoms with E-state index < -0.39 is 23.4 Å². The molecule has 1 aliphatic rings. The zero-order valence-electron chi connectivity index (χ0n) is 17.5. The molecule has 0 spiro atoms. The number of nitrogens with zero attached hydrogens (tertiary/aromatic N) is 2. The van der Waals surface area contributed by atoms with E-state index in [1.165, 1.54) is 6.07 Å². The Balaban J connectivity index is 1.75. The topological polar surface area (TPSA) is 54.7 Å². The Labute approximate surface area is 178 Å². The fraction of sp³-hybridized carbons (Fsp3) is 0.333. The number of ether oxygens (including phenoxy) is 1. The quantitative estimate of drug-likeness (QED) is 0.534. The van der Waals surface area contributed by atoms with E-state index in [0.717, 1.165) is 18.2 Å². The van der Waals surface area contributed by atoms with Crippen LogP contribution in [0.15, 0.2) is 53.5 Å². The molecular formula is C24H23F3N2O2. The van der Waals surface area contributed by atoms with Gasteiger partial charge in [0.2, 0.25) is 5.97 Å². The lowest BCUT2D eigenvalue weighted by Crippen LogP contribution is -2.54. The number of aryl methyl sites for hydroxylation is 2. The standard InChI is InChI=1S/C24H23F3N2O2/c1-14-7-10-21-17(13-14)18(11-12-31-21)24(26,27)23(3,30)22(25)29-20-6-4-5-19-16(20)9-8-15(2)28-19/h4-10,13,18,30H,11-12H2,1-3H3. The lowest BCUT2D eigenvalue weighted by molar-refractivity contribution is -0.158. The van der Waals surface area contributed by atoms with Crippen molar-refractivity contribution in [2.45, 2.75) is 44.6 Å². The Morgan fingerprint density at radius 3 is 2.71 bits per heavy atom. The molecule has 2 atom stereocenters. The van der Waals surface area contributed by atoms with Gasteiger partial charge in [-0.25, -0.2) is 13.8 Å². The molecule has 0 bridgehead atoms. The van der Waals surface area contributed by atoms with Crippen molar-refractivity contribution in [1.29, 1.82) is 0 Å². The normalized spacial score (nSPS) is 18.9. The Kier molecular flexibility index (Phi) is 5.25. The smallest absolute Gasteiger partial charge is 0.290 e. The number of aliphatic imine (C=N–C) groups is 1. The summed E-state index contributed by atoms with van der Waals surface area (Å²) in [7, 11) is 0. The highest BCUT2D eigenvalue weighted by molar-refractivity contribution is 5.95. The summed E-state index contributed by atoms with van der Waals surface area (Å²) in [6, 6.07) is 13.3. The molecule has 4 rings (SSSR count). The van der Waals surface area contributed by atoms with Gasteiger partial charge in [0.05, 0.1) is 23.7 Å². The zero-order chi connectivity index (χ0) is 22.4. The second-order valence-electron chi connectivity index (χ2n) is 8.13. The average molecular weight is 428 g/mol. The summed E-state index contributed by atoms with van der Waals surface area (Å²) in [5, 5.41) is 11.2. The summed E-state index contributed by atoms with van der Waals surface area (Å²) in [5.41, 5.74) is -0.625. The number of benzene rings is 2. The third kappa shape index (κ3) is 3.67. The third-order valence-corrected chi connectivity index (χ3v) is 5.76. The van der Waals surface area contributed by atoms with E-state index in [1.54, 1.807) is 49.4 Å². The van der Waals surface area contributed by atoms with Crippen molar-refractivity contribution >= 4 is 22.6 Å². The minimum absolute atomic E-state index is 0.0512. The number of aromatic nitrogens is 1. The lowest BCUT2D eigenvalue weighted by Gasteiger charge is -2.39. The first-order valence-electron chi connectivity index (χ1n) is 10.1. The fourth-order valence-corrected chi connectivity index (χ4v) is 3.92. The van der Waals surface area contributed by atoms with Crippen LogP contribution in [0.5, 0.6) is 5.75 Å². The number of aliphatic hydroxyl groups is 1. The molecule has 2 aromatic carbocycles. The molecule has 3 aromatic rings. The van der Waals surface area contributed by atoms with Crippen LogP contribution in [0.3, 0.4) is 0 Å². The molecule has 7 heteroatoms. The summed E-state index contributed by atoms with van der Waals surface area (Å²) < 4.78 is 51.8. The van der Waals surface area contributed by atoms with Crippen LogP contribution in [0, 0.1) is 13.8 Å². The number of hydrogen-bond donors (Lipinski definition) is 1. The highest BCUT2D eigenvalue weighted by Gasteiger charge is 2.59. The Bertz CT molecular complexity index is 1170. The van der Waals surface area contributed by atoms with Gasteiger partial charge in [-0.05, 0) is 57.5 Å². The molecule has 4 nitrogen and oxygen atoms in total. The van der Waals surface area contributed by atoms with Gasteiger partial charge in [0.1, 0.15) is 5.75 Å². The fourth-order valence-electron chi connectivity index (χ4n) is 3.92. The van der Waals surface area contributed by atoms with Crippen LogP contribution in [-0.2, 0) is 0 Å². The Hall–Kier alpha value is -2.93. The lowest BCUT2D eigenvalue weighted by atomic mass is 9.79. The van der Waals surface area contributed by atoms with Gasteiger partial charge in [-0.15, -0.1) is 0 Å². The van der Waals surface area contributed by atoms with Gasteiger partial charge >= 0.3 is 0 Å². The highest BCUT2D eigenvalue weighted by Crippen LogP contribution is 2.49. The van der Waals surface area contributed by atoms with Crippen LogP contribution in [0.4, 0.5) is 18.9 Å². The predicted molar refractivity (Wildman–Crippen MR) is 114 cm³/mol. The van der Waals surface area contributed by atoms with Crippen LogP contribution in [0.2, 0.25) is 0 Å². The number of alkyl halides is 2. The molecule has 0 saturated heterocycles. The first-order chi connectivity index (χ1) is 14.6. The van der Waals surface area contributed by atoms with Gasteiger partial charge in [0, 0.05) is 16.6 Å². The number of halogens is 3. The van der Waals surface area contributed by atoms with Crippen molar-refractivity contribution in [3.05, 3.63) is 65.4 Å². The summed E-state index contributed by atoms with van der Waals surface area (Å²) in [6.45, 7) is 4.42. The highest BCUT2D eigenvalue weighted by atomic mass is 19.3.